The van der Waals surface area contributed by atoms with Crippen LogP contribution < -0.4 is 0 Å². The van der Waals surface area contributed by atoms with Crippen LogP contribution in [0.3, 0.4) is 0 Å². The summed E-state index contributed by atoms with van der Waals surface area (Å²) in [4.78, 5) is 0. The minimum absolute atomic E-state index is 0.181. The minimum Gasteiger partial charge on any atom is -0.166 e. The quantitative estimate of drug-likeness (QED) is 0.514. The first-order valence-corrected chi connectivity index (χ1v) is 5.82. The normalized spacial score (nSPS) is 21.4. The van der Waals surface area contributed by atoms with Crippen molar-refractivity contribution in [1.82, 2.24) is 0 Å². The van der Waals surface area contributed by atoms with Gasteiger partial charge < -0.3 is 0 Å². The van der Waals surface area contributed by atoms with Crippen LogP contribution in [0, 0.1) is 0 Å². The fourth-order valence-corrected chi connectivity index (χ4v) is 2.43. The number of alkyl halides is 6. The Morgan fingerprint density at radius 3 is 2.12 bits per heavy atom. The van der Waals surface area contributed by atoms with E-state index in [1.165, 1.54) is 0 Å². The minimum atomic E-state index is -5.36. The van der Waals surface area contributed by atoms with Crippen LogP contribution in [-0.4, -0.2) is 17.6 Å². The lowest BCUT2D eigenvalue weighted by Gasteiger charge is -2.17. The zero-order valence-electron chi connectivity index (χ0n) is 8.61. The Balaban J connectivity index is 2.77. The molecule has 1 unspecified atom stereocenters. The van der Waals surface area contributed by atoms with Crippen LogP contribution in [0.25, 0.3) is 0 Å². The molecule has 7 heteroatoms. The largest absolute Gasteiger partial charge is 0.421 e. The SMILES string of the molecule is FC(F)(F)C(=CSC1C=CCCC1)C(F)(F)F. The van der Waals surface area contributed by atoms with Gasteiger partial charge in [0.15, 0.2) is 0 Å². The number of halogens is 6. The summed E-state index contributed by atoms with van der Waals surface area (Å²) in [5, 5.41) is -0.121. The van der Waals surface area contributed by atoms with Gasteiger partial charge in [0, 0.05) is 5.25 Å². The molecule has 0 aromatic rings. The molecule has 17 heavy (non-hydrogen) atoms. The summed E-state index contributed by atoms with van der Waals surface area (Å²) in [6, 6.07) is 0. The second-order valence-corrected chi connectivity index (χ2v) is 4.67. The van der Waals surface area contributed by atoms with Gasteiger partial charge in [0.25, 0.3) is 0 Å². The topological polar surface area (TPSA) is 0 Å². The van der Waals surface area contributed by atoms with E-state index in [-0.39, 0.29) is 10.7 Å². The average Bonchev–Trinajstić information content (AvgIpc) is 2.15. The molecule has 0 nitrogen and oxygen atoms in total. The molecule has 0 aromatic heterocycles. The Bertz CT molecular complexity index is 296. The summed E-state index contributed by atoms with van der Waals surface area (Å²) in [5.74, 6) is 0. The van der Waals surface area contributed by atoms with Crippen LogP contribution in [0.15, 0.2) is 23.1 Å². The van der Waals surface area contributed by atoms with Gasteiger partial charge in [-0.25, -0.2) is 0 Å². The van der Waals surface area contributed by atoms with Crippen molar-refractivity contribution in [3.8, 4) is 0 Å². The smallest absolute Gasteiger partial charge is 0.166 e. The van der Waals surface area contributed by atoms with Crippen molar-refractivity contribution in [2.75, 3.05) is 0 Å². The van der Waals surface area contributed by atoms with Crippen LogP contribution in [0.2, 0.25) is 0 Å². The van der Waals surface area contributed by atoms with Gasteiger partial charge in [-0.05, 0) is 24.7 Å². The van der Waals surface area contributed by atoms with Gasteiger partial charge in [0.1, 0.15) is 5.57 Å². The second-order valence-electron chi connectivity index (χ2n) is 3.56. The van der Waals surface area contributed by atoms with E-state index in [9.17, 15) is 26.3 Å². The summed E-state index contributed by atoms with van der Waals surface area (Å²) in [7, 11) is 0. The third kappa shape index (κ3) is 4.65. The third-order valence-corrected chi connectivity index (χ3v) is 3.30. The number of hydrogen-bond donors (Lipinski definition) is 0. The number of allylic oxidation sites excluding steroid dienone is 2. The molecular formula is C10H10F6S. The summed E-state index contributed by atoms with van der Waals surface area (Å²) in [6.45, 7) is 0. The molecule has 0 saturated carbocycles. The lowest BCUT2D eigenvalue weighted by molar-refractivity contribution is -0.171. The highest BCUT2D eigenvalue weighted by Gasteiger charge is 2.50. The van der Waals surface area contributed by atoms with Gasteiger partial charge >= 0.3 is 12.4 Å². The molecule has 0 radical (unpaired) electrons. The highest BCUT2D eigenvalue weighted by atomic mass is 32.2. The van der Waals surface area contributed by atoms with Crippen molar-refractivity contribution < 1.29 is 26.3 Å². The van der Waals surface area contributed by atoms with E-state index in [2.05, 4.69) is 0 Å². The van der Waals surface area contributed by atoms with Crippen LogP contribution in [0.4, 0.5) is 26.3 Å². The fourth-order valence-electron chi connectivity index (χ4n) is 1.34. The average molecular weight is 276 g/mol. The Labute approximate surface area is 98.8 Å². The van der Waals surface area contributed by atoms with Crippen LogP contribution >= 0.6 is 11.8 Å². The first-order chi connectivity index (χ1) is 7.71. The molecule has 1 rings (SSSR count). The van der Waals surface area contributed by atoms with Crippen molar-refractivity contribution in [3.63, 3.8) is 0 Å². The van der Waals surface area contributed by atoms with E-state index >= 15 is 0 Å². The van der Waals surface area contributed by atoms with Gasteiger partial charge in [-0.1, -0.05) is 12.2 Å². The standard InChI is InChI=1S/C10H10F6S/c11-9(12,13)8(10(14,15)16)6-17-7-4-2-1-3-5-7/h2,4,6-7H,1,3,5H2. The summed E-state index contributed by atoms with van der Waals surface area (Å²) in [6.07, 6.45) is -5.08. The maximum Gasteiger partial charge on any atom is 0.421 e. The second kappa shape index (κ2) is 5.37. The maximum atomic E-state index is 12.2. The Morgan fingerprint density at radius 1 is 1.12 bits per heavy atom. The molecule has 0 fully saturated rings. The molecule has 1 atom stereocenters. The molecule has 0 aromatic carbocycles. The van der Waals surface area contributed by atoms with E-state index in [0.717, 1.165) is 12.8 Å². The Morgan fingerprint density at radius 2 is 1.71 bits per heavy atom. The third-order valence-electron chi connectivity index (χ3n) is 2.18. The molecule has 1 aliphatic carbocycles. The van der Waals surface area contributed by atoms with Gasteiger partial charge in [-0.3, -0.25) is 0 Å². The molecular weight excluding hydrogens is 266 g/mol. The molecule has 0 heterocycles. The number of thioether (sulfide) groups is 1. The zero-order valence-corrected chi connectivity index (χ0v) is 9.42. The zero-order chi connectivity index (χ0) is 13.1. The highest BCUT2D eigenvalue weighted by molar-refractivity contribution is 8.02. The number of hydrogen-bond acceptors (Lipinski definition) is 1. The van der Waals surface area contributed by atoms with E-state index in [1.807, 2.05) is 0 Å². The Hall–Kier alpha value is -0.590. The van der Waals surface area contributed by atoms with Gasteiger partial charge in [0.2, 0.25) is 0 Å². The molecule has 0 aliphatic heterocycles. The molecule has 0 saturated heterocycles. The van der Waals surface area contributed by atoms with Gasteiger partial charge in [-0.2, -0.15) is 26.3 Å². The van der Waals surface area contributed by atoms with Crippen molar-refractivity contribution in [2.24, 2.45) is 0 Å². The summed E-state index contributed by atoms with van der Waals surface area (Å²) < 4.78 is 72.9. The molecule has 0 bridgehead atoms. The lowest BCUT2D eigenvalue weighted by atomic mass is 10.1. The van der Waals surface area contributed by atoms with Gasteiger partial charge in [-0.15, -0.1) is 11.8 Å². The van der Waals surface area contributed by atoms with Gasteiger partial charge in [0.05, 0.1) is 0 Å². The first-order valence-electron chi connectivity index (χ1n) is 4.88. The highest BCUT2D eigenvalue weighted by Crippen LogP contribution is 2.40. The fraction of sp³-hybridized carbons (Fsp3) is 0.600. The van der Waals surface area contributed by atoms with E-state index in [1.54, 1.807) is 12.2 Å². The van der Waals surface area contributed by atoms with Crippen molar-refractivity contribution in [3.05, 3.63) is 23.1 Å². The molecule has 98 valence electrons. The predicted octanol–water partition coefficient (Wildman–Crippen LogP) is 4.84. The first kappa shape index (κ1) is 14.5. The van der Waals surface area contributed by atoms with Crippen molar-refractivity contribution in [2.45, 2.75) is 36.9 Å². The van der Waals surface area contributed by atoms with E-state index < -0.39 is 17.9 Å². The van der Waals surface area contributed by atoms with Crippen LogP contribution in [0.1, 0.15) is 19.3 Å². The summed E-state index contributed by atoms with van der Waals surface area (Å²) in [5.41, 5.74) is -2.44. The van der Waals surface area contributed by atoms with Crippen LogP contribution in [0.5, 0.6) is 0 Å². The van der Waals surface area contributed by atoms with E-state index in [4.69, 9.17) is 0 Å². The lowest BCUT2D eigenvalue weighted by Crippen LogP contribution is -2.26. The van der Waals surface area contributed by atoms with E-state index in [0.29, 0.717) is 18.2 Å². The van der Waals surface area contributed by atoms with Crippen LogP contribution in [-0.2, 0) is 0 Å². The number of rotatable bonds is 2. The van der Waals surface area contributed by atoms with Crippen molar-refractivity contribution in [1.29, 1.82) is 0 Å². The molecule has 1 aliphatic rings. The molecule has 0 N–H and O–H groups in total. The monoisotopic (exact) mass is 276 g/mol. The predicted molar refractivity (Wildman–Crippen MR) is 54.6 cm³/mol. The Kier molecular flexibility index (Phi) is 4.57. The molecule has 0 spiro atoms. The maximum absolute atomic E-state index is 12.2. The van der Waals surface area contributed by atoms with Crippen molar-refractivity contribution >= 4 is 11.8 Å². The molecule has 0 amide bonds. The summed E-state index contributed by atoms with van der Waals surface area (Å²) >= 11 is 0.570.